The number of rotatable bonds is 6. The molecule has 2 atom stereocenters. The molecule has 3 nitrogen and oxygen atoms in total. The summed E-state index contributed by atoms with van der Waals surface area (Å²) in [7, 11) is 0. The van der Waals surface area contributed by atoms with E-state index in [1.807, 2.05) is 67.6 Å². The Morgan fingerprint density at radius 2 is 1.62 bits per heavy atom. The van der Waals surface area contributed by atoms with E-state index in [1.54, 1.807) is 0 Å². The Bertz CT molecular complexity index is 581. The molecule has 0 spiro atoms. The molecule has 3 heteroatoms. The lowest BCUT2D eigenvalue weighted by Gasteiger charge is -2.37. The van der Waals surface area contributed by atoms with Gasteiger partial charge in [0.15, 0.2) is 0 Å². The van der Waals surface area contributed by atoms with Gasteiger partial charge in [-0.1, -0.05) is 60.7 Å². The molecule has 2 rings (SSSR count). The van der Waals surface area contributed by atoms with Gasteiger partial charge in [-0.15, -0.1) is 0 Å². The minimum atomic E-state index is -0.827. The first-order valence-corrected chi connectivity index (χ1v) is 7.11. The third kappa shape index (κ3) is 3.50. The largest absolute Gasteiger partial charge is 0.481 e. The van der Waals surface area contributed by atoms with Crippen molar-refractivity contribution >= 4 is 5.97 Å². The molecule has 0 saturated carbocycles. The van der Waals surface area contributed by atoms with Crippen LogP contribution in [0.1, 0.15) is 24.5 Å². The summed E-state index contributed by atoms with van der Waals surface area (Å²) >= 11 is 0. The number of hydrogen-bond donors (Lipinski definition) is 2. The molecule has 0 amide bonds. The quantitative estimate of drug-likeness (QED) is 0.856. The van der Waals surface area contributed by atoms with Crippen LogP contribution in [0.4, 0.5) is 0 Å². The van der Waals surface area contributed by atoms with E-state index < -0.39 is 11.4 Å². The van der Waals surface area contributed by atoms with Crippen LogP contribution in [0.3, 0.4) is 0 Å². The van der Waals surface area contributed by atoms with Gasteiger partial charge in [0, 0.05) is 11.5 Å². The molecule has 0 saturated heterocycles. The Kier molecular flexibility index (Phi) is 4.76. The highest BCUT2D eigenvalue weighted by molar-refractivity contribution is 5.69. The molecule has 2 unspecified atom stereocenters. The van der Waals surface area contributed by atoms with Crippen LogP contribution in [0, 0.1) is 0 Å². The zero-order valence-electron chi connectivity index (χ0n) is 12.2. The summed E-state index contributed by atoms with van der Waals surface area (Å²) in [5.41, 5.74) is 7.71. The molecule has 0 aliphatic rings. The molecule has 3 N–H and O–H groups in total. The summed E-state index contributed by atoms with van der Waals surface area (Å²) in [5, 5.41) is 9.38. The first-order chi connectivity index (χ1) is 10.0. The SMILES string of the molecule is CC(N)C(CC(=O)O)(Cc1ccccc1)c1ccccc1. The molecule has 0 fully saturated rings. The fourth-order valence-electron chi connectivity index (χ4n) is 2.85. The van der Waals surface area contributed by atoms with Crippen LogP contribution in [0.15, 0.2) is 60.7 Å². The Hall–Kier alpha value is -2.13. The fourth-order valence-corrected chi connectivity index (χ4v) is 2.85. The average Bonchev–Trinajstić information content (AvgIpc) is 2.48. The van der Waals surface area contributed by atoms with Crippen LogP contribution in [0.25, 0.3) is 0 Å². The Labute approximate surface area is 125 Å². The van der Waals surface area contributed by atoms with Gasteiger partial charge in [0.2, 0.25) is 0 Å². The van der Waals surface area contributed by atoms with Crippen molar-refractivity contribution in [1.29, 1.82) is 0 Å². The van der Waals surface area contributed by atoms with Gasteiger partial charge >= 0.3 is 5.97 Å². The highest BCUT2D eigenvalue weighted by Gasteiger charge is 2.38. The third-order valence-corrected chi connectivity index (χ3v) is 4.05. The van der Waals surface area contributed by atoms with E-state index in [2.05, 4.69) is 0 Å². The van der Waals surface area contributed by atoms with Crippen molar-refractivity contribution in [2.24, 2.45) is 5.73 Å². The van der Waals surface area contributed by atoms with Gasteiger partial charge in [0.1, 0.15) is 0 Å². The van der Waals surface area contributed by atoms with Crippen LogP contribution >= 0.6 is 0 Å². The molecule has 0 heterocycles. The Morgan fingerprint density at radius 3 is 2.10 bits per heavy atom. The van der Waals surface area contributed by atoms with Crippen LogP contribution in [-0.4, -0.2) is 17.1 Å². The maximum atomic E-state index is 11.4. The molecule has 0 radical (unpaired) electrons. The summed E-state index contributed by atoms with van der Waals surface area (Å²) in [6.45, 7) is 1.89. The number of benzene rings is 2. The van der Waals surface area contributed by atoms with Gasteiger partial charge < -0.3 is 10.8 Å². The second-order valence-corrected chi connectivity index (χ2v) is 5.54. The number of carboxylic acids is 1. The summed E-state index contributed by atoms with van der Waals surface area (Å²) in [6, 6.07) is 19.4. The second-order valence-electron chi connectivity index (χ2n) is 5.54. The fraction of sp³-hybridized carbons (Fsp3) is 0.278. The molecule has 0 aliphatic carbocycles. The molecule has 110 valence electrons. The number of aliphatic carboxylic acids is 1. The Morgan fingerprint density at radius 1 is 1.10 bits per heavy atom. The number of carbonyl (C=O) groups is 1. The van der Waals surface area contributed by atoms with E-state index in [0.717, 1.165) is 11.1 Å². The lowest BCUT2D eigenvalue weighted by atomic mass is 9.68. The topological polar surface area (TPSA) is 63.3 Å². The van der Waals surface area contributed by atoms with E-state index >= 15 is 0 Å². The van der Waals surface area contributed by atoms with Crippen LogP contribution in [0.5, 0.6) is 0 Å². The summed E-state index contributed by atoms with van der Waals surface area (Å²) in [6.07, 6.45) is 0.630. The van der Waals surface area contributed by atoms with Gasteiger partial charge in [-0.05, 0) is 24.5 Å². The first kappa shape index (κ1) is 15.3. The maximum absolute atomic E-state index is 11.4. The van der Waals surface area contributed by atoms with Crippen molar-refractivity contribution in [3.63, 3.8) is 0 Å². The van der Waals surface area contributed by atoms with Crippen LogP contribution in [0.2, 0.25) is 0 Å². The van der Waals surface area contributed by atoms with Crippen molar-refractivity contribution in [2.75, 3.05) is 0 Å². The zero-order valence-corrected chi connectivity index (χ0v) is 12.2. The highest BCUT2D eigenvalue weighted by atomic mass is 16.4. The van der Waals surface area contributed by atoms with Gasteiger partial charge in [-0.3, -0.25) is 4.79 Å². The molecular weight excluding hydrogens is 262 g/mol. The van der Waals surface area contributed by atoms with Gasteiger partial charge in [0.25, 0.3) is 0 Å². The predicted molar refractivity (Wildman–Crippen MR) is 84.2 cm³/mol. The smallest absolute Gasteiger partial charge is 0.304 e. The molecule has 0 bridgehead atoms. The maximum Gasteiger partial charge on any atom is 0.304 e. The van der Waals surface area contributed by atoms with E-state index in [4.69, 9.17) is 5.73 Å². The van der Waals surface area contributed by atoms with E-state index in [9.17, 15) is 9.90 Å². The van der Waals surface area contributed by atoms with Crippen LogP contribution in [-0.2, 0) is 16.6 Å². The Balaban J connectivity index is 2.48. The van der Waals surface area contributed by atoms with E-state index in [0.29, 0.717) is 6.42 Å². The normalized spacial score (nSPS) is 15.1. The molecule has 0 aliphatic heterocycles. The summed E-state index contributed by atoms with van der Waals surface area (Å²) in [5.74, 6) is -0.827. The van der Waals surface area contributed by atoms with Crippen molar-refractivity contribution in [3.8, 4) is 0 Å². The zero-order chi connectivity index (χ0) is 15.3. The van der Waals surface area contributed by atoms with Gasteiger partial charge in [0.05, 0.1) is 6.42 Å². The first-order valence-electron chi connectivity index (χ1n) is 7.11. The van der Waals surface area contributed by atoms with Gasteiger partial charge in [-0.25, -0.2) is 0 Å². The van der Waals surface area contributed by atoms with Crippen molar-refractivity contribution in [3.05, 3.63) is 71.8 Å². The molecular formula is C18H21NO2. The molecule has 2 aromatic rings. The minimum Gasteiger partial charge on any atom is -0.481 e. The van der Waals surface area contributed by atoms with Gasteiger partial charge in [-0.2, -0.15) is 0 Å². The van der Waals surface area contributed by atoms with Crippen molar-refractivity contribution in [2.45, 2.75) is 31.2 Å². The minimum absolute atomic E-state index is 0.0174. The number of hydrogen-bond acceptors (Lipinski definition) is 2. The highest BCUT2D eigenvalue weighted by Crippen LogP contribution is 2.35. The second kappa shape index (κ2) is 6.55. The summed E-state index contributed by atoms with van der Waals surface area (Å²) < 4.78 is 0. The summed E-state index contributed by atoms with van der Waals surface area (Å²) in [4.78, 5) is 11.4. The molecule has 0 aromatic heterocycles. The number of carboxylic acid groups (broad SMARTS) is 1. The monoisotopic (exact) mass is 283 g/mol. The van der Waals surface area contributed by atoms with Crippen LogP contribution < -0.4 is 5.73 Å². The van der Waals surface area contributed by atoms with E-state index in [1.165, 1.54) is 0 Å². The predicted octanol–water partition coefficient (Wildman–Crippen LogP) is 2.99. The van der Waals surface area contributed by atoms with Crippen molar-refractivity contribution in [1.82, 2.24) is 0 Å². The lowest BCUT2D eigenvalue weighted by molar-refractivity contribution is -0.138. The standard InChI is InChI=1S/C18H21NO2/c1-14(19)18(13-17(20)21,16-10-6-3-7-11-16)12-15-8-4-2-5-9-15/h2-11,14H,12-13,19H2,1H3,(H,20,21). The average molecular weight is 283 g/mol. The van der Waals surface area contributed by atoms with Crippen molar-refractivity contribution < 1.29 is 9.90 Å². The lowest BCUT2D eigenvalue weighted by Crippen LogP contribution is -2.47. The number of nitrogens with two attached hydrogens (primary N) is 1. The molecule has 2 aromatic carbocycles. The van der Waals surface area contributed by atoms with E-state index in [-0.39, 0.29) is 12.5 Å². The molecule has 21 heavy (non-hydrogen) atoms. The third-order valence-electron chi connectivity index (χ3n) is 4.05.